The van der Waals surface area contributed by atoms with E-state index in [0.717, 1.165) is 16.1 Å². The molecule has 0 spiro atoms. The molecule has 0 aliphatic carbocycles. The average molecular weight is 374 g/mol. The number of carbonyl (C=O) groups is 1. The molecule has 9 heteroatoms. The SMILES string of the molecule is Cc1noc(C)c1CC(=O)N1CCO[C@@H](c2nc(-c3cccs3)no2)C1. The first kappa shape index (κ1) is 16.9. The highest BCUT2D eigenvalue weighted by Gasteiger charge is 2.30. The maximum atomic E-state index is 12.7. The number of thiophene rings is 1. The van der Waals surface area contributed by atoms with Crippen LogP contribution in [0.15, 0.2) is 26.6 Å². The minimum atomic E-state index is -0.418. The van der Waals surface area contributed by atoms with Crippen LogP contribution in [0, 0.1) is 13.8 Å². The monoisotopic (exact) mass is 374 g/mol. The topological polar surface area (TPSA) is 94.5 Å². The van der Waals surface area contributed by atoms with Crippen LogP contribution in [0.3, 0.4) is 0 Å². The molecule has 4 heterocycles. The van der Waals surface area contributed by atoms with Crippen LogP contribution in [-0.2, 0) is 16.0 Å². The van der Waals surface area contributed by atoms with Gasteiger partial charge in [-0.05, 0) is 25.3 Å². The molecular weight excluding hydrogens is 356 g/mol. The summed E-state index contributed by atoms with van der Waals surface area (Å²) in [6.45, 7) is 4.99. The van der Waals surface area contributed by atoms with Crippen LogP contribution in [0.25, 0.3) is 10.7 Å². The highest BCUT2D eigenvalue weighted by molar-refractivity contribution is 7.13. The summed E-state index contributed by atoms with van der Waals surface area (Å²) in [4.78, 5) is 19.8. The Kier molecular flexibility index (Phi) is 4.56. The van der Waals surface area contributed by atoms with Gasteiger partial charge in [0.05, 0.1) is 30.1 Å². The number of aromatic nitrogens is 3. The largest absolute Gasteiger partial charge is 0.365 e. The first-order valence-electron chi connectivity index (χ1n) is 8.30. The molecule has 0 aromatic carbocycles. The Labute approximate surface area is 153 Å². The molecule has 8 nitrogen and oxygen atoms in total. The molecule has 3 aromatic heterocycles. The normalized spacial score (nSPS) is 17.6. The van der Waals surface area contributed by atoms with E-state index >= 15 is 0 Å². The number of amides is 1. The standard InChI is InChI=1S/C17H18N4O4S/c1-10-12(11(2)24-19-10)8-15(22)21-5-6-23-13(9-21)17-18-16(20-25-17)14-4-3-7-26-14/h3-4,7,13H,5-6,8-9H2,1-2H3/t13-/m1/s1. The van der Waals surface area contributed by atoms with E-state index in [9.17, 15) is 4.79 Å². The highest BCUT2D eigenvalue weighted by atomic mass is 32.1. The molecule has 0 bridgehead atoms. The van der Waals surface area contributed by atoms with Gasteiger partial charge in [0, 0.05) is 12.1 Å². The number of hydrogen-bond acceptors (Lipinski definition) is 8. The molecule has 1 atom stereocenters. The van der Waals surface area contributed by atoms with Crippen molar-refractivity contribution in [3.63, 3.8) is 0 Å². The van der Waals surface area contributed by atoms with Crippen LogP contribution < -0.4 is 0 Å². The number of hydrogen-bond donors (Lipinski definition) is 0. The number of carbonyl (C=O) groups excluding carboxylic acids is 1. The van der Waals surface area contributed by atoms with Crippen LogP contribution in [0.1, 0.15) is 29.0 Å². The van der Waals surface area contributed by atoms with Gasteiger partial charge in [-0.2, -0.15) is 4.98 Å². The first-order chi connectivity index (χ1) is 12.6. The molecule has 1 saturated heterocycles. The quantitative estimate of drug-likeness (QED) is 0.692. The second-order valence-corrected chi connectivity index (χ2v) is 7.06. The summed E-state index contributed by atoms with van der Waals surface area (Å²) in [6, 6.07) is 3.86. The second-order valence-electron chi connectivity index (χ2n) is 6.11. The van der Waals surface area contributed by atoms with Crippen LogP contribution in [-0.4, -0.2) is 45.8 Å². The van der Waals surface area contributed by atoms with Gasteiger partial charge in [0.1, 0.15) is 5.76 Å². The first-order valence-corrected chi connectivity index (χ1v) is 9.18. The summed E-state index contributed by atoms with van der Waals surface area (Å²) in [5.74, 6) is 1.62. The molecule has 3 aromatic rings. The summed E-state index contributed by atoms with van der Waals surface area (Å²) >= 11 is 1.54. The van der Waals surface area contributed by atoms with Gasteiger partial charge in [-0.25, -0.2) is 0 Å². The average Bonchev–Trinajstić information content (AvgIpc) is 3.39. The second kappa shape index (κ2) is 7.00. The van der Waals surface area contributed by atoms with Crippen LogP contribution in [0.2, 0.25) is 0 Å². The molecular formula is C17H18N4O4S. The van der Waals surface area contributed by atoms with Crippen molar-refractivity contribution in [2.75, 3.05) is 19.7 Å². The molecule has 26 heavy (non-hydrogen) atoms. The number of aryl methyl sites for hydroxylation is 2. The van der Waals surface area contributed by atoms with Crippen molar-refractivity contribution in [3.8, 4) is 10.7 Å². The van der Waals surface area contributed by atoms with Crippen LogP contribution in [0.5, 0.6) is 0 Å². The third-order valence-corrected chi connectivity index (χ3v) is 5.25. The molecule has 0 N–H and O–H groups in total. The number of nitrogens with zero attached hydrogens (tertiary/aromatic N) is 4. The van der Waals surface area contributed by atoms with E-state index in [0.29, 0.717) is 37.2 Å². The van der Waals surface area contributed by atoms with E-state index in [1.807, 2.05) is 31.4 Å². The van der Waals surface area contributed by atoms with Crippen molar-refractivity contribution in [2.24, 2.45) is 0 Å². The lowest BCUT2D eigenvalue weighted by Crippen LogP contribution is -2.43. The predicted octanol–water partition coefficient (Wildman–Crippen LogP) is 2.55. The van der Waals surface area contributed by atoms with E-state index < -0.39 is 6.10 Å². The van der Waals surface area contributed by atoms with E-state index in [2.05, 4.69) is 15.3 Å². The summed E-state index contributed by atoms with van der Waals surface area (Å²) in [5, 5.41) is 9.87. The Balaban J connectivity index is 1.45. The number of ether oxygens (including phenoxy) is 1. The Bertz CT molecular complexity index is 882. The van der Waals surface area contributed by atoms with Crippen LogP contribution >= 0.6 is 11.3 Å². The minimum absolute atomic E-state index is 0.00527. The molecule has 0 radical (unpaired) electrons. The van der Waals surface area contributed by atoms with E-state index in [1.54, 1.807) is 16.2 Å². The lowest BCUT2D eigenvalue weighted by Gasteiger charge is -2.31. The maximum Gasteiger partial charge on any atom is 0.257 e. The summed E-state index contributed by atoms with van der Waals surface area (Å²) in [7, 11) is 0. The van der Waals surface area contributed by atoms with E-state index in [1.165, 1.54) is 0 Å². The van der Waals surface area contributed by atoms with Gasteiger partial charge in [-0.15, -0.1) is 11.3 Å². The summed E-state index contributed by atoms with van der Waals surface area (Å²) in [5.41, 5.74) is 1.59. The third-order valence-electron chi connectivity index (χ3n) is 4.39. The third kappa shape index (κ3) is 3.27. The fourth-order valence-corrected chi connectivity index (χ4v) is 3.56. The fourth-order valence-electron chi connectivity index (χ4n) is 2.91. The predicted molar refractivity (Wildman–Crippen MR) is 92.6 cm³/mol. The smallest absolute Gasteiger partial charge is 0.257 e. The lowest BCUT2D eigenvalue weighted by atomic mass is 10.1. The molecule has 1 fully saturated rings. The Morgan fingerprint density at radius 1 is 1.35 bits per heavy atom. The molecule has 1 aliphatic rings. The van der Waals surface area contributed by atoms with E-state index in [4.69, 9.17) is 13.8 Å². The van der Waals surface area contributed by atoms with Gasteiger partial charge < -0.3 is 18.7 Å². The summed E-state index contributed by atoms with van der Waals surface area (Å²) < 4.78 is 16.2. The van der Waals surface area contributed by atoms with Crippen molar-refractivity contribution in [1.82, 2.24) is 20.2 Å². The molecule has 0 saturated carbocycles. The van der Waals surface area contributed by atoms with Gasteiger partial charge in [-0.3, -0.25) is 4.79 Å². The summed E-state index contributed by atoms with van der Waals surface area (Å²) in [6.07, 6.45) is -0.156. The van der Waals surface area contributed by atoms with Crippen molar-refractivity contribution in [1.29, 1.82) is 0 Å². The zero-order valence-corrected chi connectivity index (χ0v) is 15.3. The maximum absolute atomic E-state index is 12.7. The molecule has 1 amide bonds. The van der Waals surface area contributed by atoms with Crippen molar-refractivity contribution in [2.45, 2.75) is 26.4 Å². The van der Waals surface area contributed by atoms with Gasteiger partial charge in [0.25, 0.3) is 5.89 Å². The zero-order valence-electron chi connectivity index (χ0n) is 14.5. The van der Waals surface area contributed by atoms with Gasteiger partial charge in [0.2, 0.25) is 11.7 Å². The molecule has 136 valence electrons. The van der Waals surface area contributed by atoms with Gasteiger partial charge in [0.15, 0.2) is 6.10 Å². The minimum Gasteiger partial charge on any atom is -0.365 e. The van der Waals surface area contributed by atoms with E-state index in [-0.39, 0.29) is 12.3 Å². The van der Waals surface area contributed by atoms with Crippen molar-refractivity contribution in [3.05, 3.63) is 40.4 Å². The van der Waals surface area contributed by atoms with Crippen molar-refractivity contribution < 1.29 is 18.6 Å². The van der Waals surface area contributed by atoms with Gasteiger partial charge in [-0.1, -0.05) is 16.4 Å². The lowest BCUT2D eigenvalue weighted by molar-refractivity contribution is -0.139. The zero-order chi connectivity index (χ0) is 18.1. The highest BCUT2D eigenvalue weighted by Crippen LogP contribution is 2.26. The number of morpholine rings is 1. The molecule has 1 aliphatic heterocycles. The Morgan fingerprint density at radius 2 is 2.23 bits per heavy atom. The van der Waals surface area contributed by atoms with Crippen LogP contribution in [0.4, 0.5) is 0 Å². The van der Waals surface area contributed by atoms with Crippen molar-refractivity contribution >= 4 is 17.2 Å². The molecule has 0 unspecified atom stereocenters. The number of rotatable bonds is 4. The Morgan fingerprint density at radius 3 is 2.96 bits per heavy atom. The molecule has 4 rings (SSSR count). The van der Waals surface area contributed by atoms with Gasteiger partial charge >= 0.3 is 0 Å². The fraction of sp³-hybridized carbons (Fsp3) is 0.412. The Hall–Kier alpha value is -2.52.